The average molecular weight is 384 g/mol. The Morgan fingerprint density at radius 1 is 0.966 bits per heavy atom. The lowest BCUT2D eigenvalue weighted by Crippen LogP contribution is -2.15. The quantitative estimate of drug-likeness (QED) is 0.511. The summed E-state index contributed by atoms with van der Waals surface area (Å²) < 4.78 is 5.68. The van der Waals surface area contributed by atoms with Crippen LogP contribution in [0.4, 0.5) is 11.6 Å². The summed E-state index contributed by atoms with van der Waals surface area (Å²) in [6.07, 6.45) is 3.95. The molecule has 2 heterocycles. The van der Waals surface area contributed by atoms with E-state index in [0.29, 0.717) is 23.6 Å². The molecule has 1 amide bonds. The molecule has 0 saturated heterocycles. The number of rotatable bonds is 6. The van der Waals surface area contributed by atoms with Gasteiger partial charge in [-0.3, -0.25) is 4.79 Å². The zero-order valence-corrected chi connectivity index (χ0v) is 15.9. The van der Waals surface area contributed by atoms with Gasteiger partial charge in [-0.05, 0) is 42.3 Å². The SMILES string of the molecule is Cc1ccc(Cc2c(Nc3ncc(-c4ccccc4)cn3)cccc2C(N)=O)o1. The average Bonchev–Trinajstić information content (AvgIpc) is 3.15. The maximum Gasteiger partial charge on any atom is 0.249 e. The molecular formula is C23H20N4O2. The van der Waals surface area contributed by atoms with E-state index in [1.807, 2.05) is 55.5 Å². The highest BCUT2D eigenvalue weighted by atomic mass is 16.3. The first-order chi connectivity index (χ1) is 14.1. The molecule has 4 rings (SSSR count). The van der Waals surface area contributed by atoms with Crippen molar-refractivity contribution in [2.75, 3.05) is 5.32 Å². The van der Waals surface area contributed by atoms with Crippen LogP contribution in [0.3, 0.4) is 0 Å². The minimum atomic E-state index is -0.493. The summed E-state index contributed by atoms with van der Waals surface area (Å²) in [7, 11) is 0. The van der Waals surface area contributed by atoms with E-state index in [2.05, 4.69) is 15.3 Å². The Bertz CT molecular complexity index is 1140. The summed E-state index contributed by atoms with van der Waals surface area (Å²) in [6, 6.07) is 19.1. The topological polar surface area (TPSA) is 94.0 Å². The smallest absolute Gasteiger partial charge is 0.249 e. The van der Waals surface area contributed by atoms with Crippen molar-refractivity contribution in [2.24, 2.45) is 5.73 Å². The first-order valence-corrected chi connectivity index (χ1v) is 9.21. The van der Waals surface area contributed by atoms with Crippen LogP contribution in [-0.2, 0) is 6.42 Å². The van der Waals surface area contributed by atoms with E-state index in [4.69, 9.17) is 10.2 Å². The van der Waals surface area contributed by atoms with Crippen LogP contribution >= 0.6 is 0 Å². The number of amides is 1. The molecule has 2 aromatic heterocycles. The summed E-state index contributed by atoms with van der Waals surface area (Å²) in [6.45, 7) is 1.88. The van der Waals surface area contributed by atoms with E-state index in [1.165, 1.54) is 0 Å². The van der Waals surface area contributed by atoms with Gasteiger partial charge in [-0.25, -0.2) is 9.97 Å². The first kappa shape index (κ1) is 18.4. The molecule has 0 radical (unpaired) electrons. The van der Waals surface area contributed by atoms with Gasteiger partial charge in [0.1, 0.15) is 11.5 Å². The summed E-state index contributed by atoms with van der Waals surface area (Å²) in [4.78, 5) is 20.8. The number of nitrogens with zero attached hydrogens (tertiary/aromatic N) is 2. The van der Waals surface area contributed by atoms with Gasteiger partial charge in [-0.2, -0.15) is 0 Å². The lowest BCUT2D eigenvalue weighted by Gasteiger charge is -2.13. The molecule has 3 N–H and O–H groups in total. The Balaban J connectivity index is 1.64. The van der Waals surface area contributed by atoms with Gasteiger partial charge in [-0.15, -0.1) is 0 Å². The molecule has 2 aromatic carbocycles. The molecule has 0 aliphatic heterocycles. The third-order valence-corrected chi connectivity index (χ3v) is 4.59. The minimum Gasteiger partial charge on any atom is -0.466 e. The molecule has 0 atom stereocenters. The number of nitrogens with one attached hydrogen (secondary N) is 1. The van der Waals surface area contributed by atoms with Gasteiger partial charge in [0.25, 0.3) is 0 Å². The molecule has 0 unspecified atom stereocenters. The van der Waals surface area contributed by atoms with Crippen LogP contribution in [0.15, 0.2) is 77.5 Å². The number of nitrogens with two attached hydrogens (primary N) is 1. The third-order valence-electron chi connectivity index (χ3n) is 4.59. The molecule has 0 bridgehead atoms. The van der Waals surface area contributed by atoms with Gasteiger partial charge in [0.15, 0.2) is 0 Å². The summed E-state index contributed by atoms with van der Waals surface area (Å²) in [5.74, 6) is 1.50. The fourth-order valence-corrected chi connectivity index (χ4v) is 3.17. The fraction of sp³-hybridized carbons (Fsp3) is 0.0870. The van der Waals surface area contributed by atoms with E-state index in [-0.39, 0.29) is 0 Å². The number of primary amides is 1. The van der Waals surface area contributed by atoms with Crippen molar-refractivity contribution in [2.45, 2.75) is 13.3 Å². The van der Waals surface area contributed by atoms with Crippen molar-refractivity contribution in [3.05, 3.63) is 95.7 Å². The van der Waals surface area contributed by atoms with E-state index < -0.39 is 5.91 Å². The number of anilines is 2. The second-order valence-corrected chi connectivity index (χ2v) is 6.67. The van der Waals surface area contributed by atoms with Crippen molar-refractivity contribution in [1.82, 2.24) is 9.97 Å². The first-order valence-electron chi connectivity index (χ1n) is 9.21. The van der Waals surface area contributed by atoms with Gasteiger partial charge < -0.3 is 15.5 Å². The predicted molar refractivity (Wildman–Crippen MR) is 112 cm³/mol. The molecule has 6 nitrogen and oxygen atoms in total. The monoisotopic (exact) mass is 384 g/mol. The number of furan rings is 1. The number of aryl methyl sites for hydroxylation is 1. The van der Waals surface area contributed by atoms with Crippen LogP contribution in [0.5, 0.6) is 0 Å². The maximum atomic E-state index is 12.0. The highest BCUT2D eigenvalue weighted by molar-refractivity contribution is 5.96. The third kappa shape index (κ3) is 4.16. The van der Waals surface area contributed by atoms with Gasteiger partial charge in [0.05, 0.1) is 0 Å². The van der Waals surface area contributed by atoms with Crippen molar-refractivity contribution >= 4 is 17.5 Å². The standard InChI is InChI=1S/C23H20N4O2/c1-15-10-11-18(29-15)12-20-19(22(24)28)8-5-9-21(20)27-23-25-13-17(14-26-23)16-6-3-2-4-7-16/h2-11,13-14H,12H2,1H3,(H2,24,28)(H,25,26,27). The highest BCUT2D eigenvalue weighted by Crippen LogP contribution is 2.27. The predicted octanol–water partition coefficient (Wildman–Crippen LogP) is 4.48. The minimum absolute atomic E-state index is 0.428. The number of benzene rings is 2. The Morgan fingerprint density at radius 3 is 2.38 bits per heavy atom. The van der Waals surface area contributed by atoms with Crippen molar-refractivity contribution in [1.29, 1.82) is 0 Å². The molecule has 0 saturated carbocycles. The zero-order chi connectivity index (χ0) is 20.2. The van der Waals surface area contributed by atoms with Crippen LogP contribution in [0.1, 0.15) is 27.4 Å². The molecule has 4 aromatic rings. The highest BCUT2D eigenvalue weighted by Gasteiger charge is 2.15. The Kier molecular flexibility index (Phi) is 5.07. The molecule has 0 aliphatic rings. The van der Waals surface area contributed by atoms with Crippen molar-refractivity contribution in [3.63, 3.8) is 0 Å². The van der Waals surface area contributed by atoms with Gasteiger partial charge in [-0.1, -0.05) is 36.4 Å². The number of carbonyl (C=O) groups is 1. The van der Waals surface area contributed by atoms with Gasteiger partial charge in [0, 0.05) is 35.6 Å². The van der Waals surface area contributed by atoms with E-state index in [0.717, 1.165) is 28.2 Å². The van der Waals surface area contributed by atoms with Crippen LogP contribution in [0.2, 0.25) is 0 Å². The van der Waals surface area contributed by atoms with E-state index >= 15 is 0 Å². The van der Waals surface area contributed by atoms with Gasteiger partial charge >= 0.3 is 0 Å². The van der Waals surface area contributed by atoms with E-state index in [1.54, 1.807) is 24.5 Å². The number of carbonyl (C=O) groups excluding carboxylic acids is 1. The van der Waals surface area contributed by atoms with Crippen molar-refractivity contribution < 1.29 is 9.21 Å². The molecule has 0 spiro atoms. The van der Waals surface area contributed by atoms with E-state index in [9.17, 15) is 4.79 Å². The zero-order valence-electron chi connectivity index (χ0n) is 15.9. The summed E-state index contributed by atoms with van der Waals surface area (Å²) >= 11 is 0. The molecular weight excluding hydrogens is 364 g/mol. The molecule has 144 valence electrons. The summed E-state index contributed by atoms with van der Waals surface area (Å²) in [5, 5.41) is 3.20. The van der Waals surface area contributed by atoms with Crippen LogP contribution in [-0.4, -0.2) is 15.9 Å². The van der Waals surface area contributed by atoms with Crippen molar-refractivity contribution in [3.8, 4) is 11.1 Å². The lowest BCUT2D eigenvalue weighted by molar-refractivity contribution is 0.0999. The number of hydrogen-bond acceptors (Lipinski definition) is 5. The summed E-state index contributed by atoms with van der Waals surface area (Å²) in [5.41, 5.74) is 9.45. The lowest BCUT2D eigenvalue weighted by atomic mass is 10.0. The van der Waals surface area contributed by atoms with Gasteiger partial charge in [0.2, 0.25) is 11.9 Å². The largest absolute Gasteiger partial charge is 0.466 e. The van der Waals surface area contributed by atoms with Crippen LogP contribution in [0, 0.1) is 6.92 Å². The maximum absolute atomic E-state index is 12.0. The Hall–Kier alpha value is -3.93. The fourth-order valence-electron chi connectivity index (χ4n) is 3.17. The second-order valence-electron chi connectivity index (χ2n) is 6.67. The normalized spacial score (nSPS) is 10.7. The number of aromatic nitrogens is 2. The second kappa shape index (κ2) is 7.98. The molecule has 29 heavy (non-hydrogen) atoms. The molecule has 0 aliphatic carbocycles. The van der Waals surface area contributed by atoms with Crippen LogP contribution < -0.4 is 11.1 Å². The molecule has 6 heteroatoms. The Morgan fingerprint density at radius 2 is 1.72 bits per heavy atom. The van der Waals surface area contributed by atoms with Crippen LogP contribution in [0.25, 0.3) is 11.1 Å². The number of hydrogen-bond donors (Lipinski definition) is 2. The Labute approximate surface area is 168 Å². The molecule has 0 fully saturated rings.